The van der Waals surface area contributed by atoms with Crippen LogP contribution in [0.3, 0.4) is 0 Å². The molecule has 0 saturated carbocycles. The van der Waals surface area contributed by atoms with E-state index in [-0.39, 0.29) is 16.3 Å². The molecule has 0 aliphatic rings. The zero-order valence-electron chi connectivity index (χ0n) is 12.5. The normalized spacial score (nSPS) is 10.8. The molecule has 24 heavy (non-hydrogen) atoms. The van der Waals surface area contributed by atoms with Crippen LogP contribution in [0.5, 0.6) is 5.75 Å². The number of ketones is 1. The Morgan fingerprint density at radius 1 is 1.29 bits per heavy atom. The van der Waals surface area contributed by atoms with Gasteiger partial charge in [0.25, 0.3) is 5.69 Å². The minimum Gasteiger partial charge on any atom is -0.497 e. The maximum atomic E-state index is 12.4. The average molecular weight is 343 g/mol. The van der Waals surface area contributed by atoms with E-state index in [1.807, 2.05) is 6.07 Å². The van der Waals surface area contributed by atoms with Gasteiger partial charge < -0.3 is 4.74 Å². The van der Waals surface area contributed by atoms with Crippen LogP contribution in [0.25, 0.3) is 6.08 Å². The second kappa shape index (κ2) is 7.40. The Labute approximate surface area is 142 Å². The van der Waals surface area contributed by atoms with Gasteiger partial charge in [0.1, 0.15) is 22.4 Å². The fourth-order valence-corrected chi connectivity index (χ4v) is 2.16. The smallest absolute Gasteiger partial charge is 0.288 e. The summed E-state index contributed by atoms with van der Waals surface area (Å²) in [5.74, 6) is 0.0973. The van der Waals surface area contributed by atoms with Crippen LogP contribution in [0.15, 0.2) is 48.0 Å². The third-order valence-corrected chi connectivity index (χ3v) is 3.51. The molecule has 0 amide bonds. The predicted octanol–water partition coefficient (Wildman–Crippen LogP) is 4.05. The molecule has 0 heterocycles. The molecule has 0 atom stereocenters. The Balaban J connectivity index is 2.38. The molecule has 0 aromatic heterocycles. The first-order chi connectivity index (χ1) is 11.5. The number of hydrogen-bond acceptors (Lipinski definition) is 5. The molecule has 0 spiro atoms. The summed E-state index contributed by atoms with van der Waals surface area (Å²) in [5.41, 5.74) is 0.216. The fraction of sp³-hybridized carbons (Fsp3) is 0.0588. The van der Waals surface area contributed by atoms with Gasteiger partial charge in [-0.2, -0.15) is 5.26 Å². The van der Waals surface area contributed by atoms with Crippen LogP contribution >= 0.6 is 11.6 Å². The van der Waals surface area contributed by atoms with E-state index in [0.29, 0.717) is 16.9 Å². The van der Waals surface area contributed by atoms with E-state index < -0.39 is 10.7 Å². The van der Waals surface area contributed by atoms with E-state index in [1.165, 1.54) is 43.5 Å². The van der Waals surface area contributed by atoms with Gasteiger partial charge in [-0.1, -0.05) is 17.7 Å². The lowest BCUT2D eigenvalue weighted by Crippen LogP contribution is -2.02. The van der Waals surface area contributed by atoms with E-state index in [1.54, 1.807) is 12.1 Å². The SMILES string of the molecule is COc1ccc(C(=O)C(C#N)=Cc2ccc(Cl)c([N+](=O)[O-])c2)cc1. The summed E-state index contributed by atoms with van der Waals surface area (Å²) in [6.45, 7) is 0. The van der Waals surface area contributed by atoms with Gasteiger partial charge in [0, 0.05) is 11.6 Å². The van der Waals surface area contributed by atoms with Crippen molar-refractivity contribution < 1.29 is 14.5 Å². The number of benzene rings is 2. The average Bonchev–Trinajstić information content (AvgIpc) is 2.60. The maximum absolute atomic E-state index is 12.4. The maximum Gasteiger partial charge on any atom is 0.288 e. The van der Waals surface area contributed by atoms with Crippen LogP contribution < -0.4 is 4.74 Å². The van der Waals surface area contributed by atoms with Crippen molar-refractivity contribution in [2.24, 2.45) is 0 Å². The van der Waals surface area contributed by atoms with Crippen molar-refractivity contribution in [3.63, 3.8) is 0 Å². The molecular weight excluding hydrogens is 332 g/mol. The predicted molar refractivity (Wildman–Crippen MR) is 89.0 cm³/mol. The van der Waals surface area contributed by atoms with Gasteiger partial charge in [0.05, 0.1) is 12.0 Å². The highest BCUT2D eigenvalue weighted by Crippen LogP contribution is 2.26. The highest BCUT2D eigenvalue weighted by atomic mass is 35.5. The van der Waals surface area contributed by atoms with Crippen molar-refractivity contribution in [3.05, 3.63) is 74.3 Å². The Morgan fingerprint density at radius 2 is 1.96 bits per heavy atom. The molecule has 0 bridgehead atoms. The number of hydrogen-bond donors (Lipinski definition) is 0. The van der Waals surface area contributed by atoms with Gasteiger partial charge in [-0.05, 0) is 42.0 Å². The fourth-order valence-electron chi connectivity index (χ4n) is 1.97. The van der Waals surface area contributed by atoms with Crippen LogP contribution in [0.1, 0.15) is 15.9 Å². The molecule has 0 radical (unpaired) electrons. The number of rotatable bonds is 5. The van der Waals surface area contributed by atoms with Gasteiger partial charge in [-0.15, -0.1) is 0 Å². The van der Waals surface area contributed by atoms with E-state index in [9.17, 15) is 20.2 Å². The number of Topliss-reactive ketones (excluding diaryl/α,β-unsaturated/α-hetero) is 1. The number of carbonyl (C=O) groups excluding carboxylic acids is 1. The Bertz CT molecular complexity index is 867. The molecule has 2 aromatic rings. The van der Waals surface area contributed by atoms with E-state index in [0.717, 1.165) is 0 Å². The number of halogens is 1. The Kier molecular flexibility index (Phi) is 5.30. The van der Waals surface area contributed by atoms with Crippen LogP contribution in [-0.2, 0) is 0 Å². The summed E-state index contributed by atoms with van der Waals surface area (Å²) in [6, 6.07) is 12.2. The summed E-state index contributed by atoms with van der Waals surface area (Å²) in [4.78, 5) is 22.6. The number of nitrogens with zero attached hydrogens (tertiary/aromatic N) is 2. The summed E-state index contributed by atoms with van der Waals surface area (Å²) in [5, 5.41) is 20.1. The lowest BCUT2D eigenvalue weighted by molar-refractivity contribution is -0.384. The standard InChI is InChI=1S/C17H11ClN2O4/c1-24-14-5-3-12(4-6-14)17(21)13(10-19)8-11-2-7-15(18)16(9-11)20(22)23/h2-9H,1H3. The zero-order valence-corrected chi connectivity index (χ0v) is 13.3. The first-order valence-corrected chi connectivity index (χ1v) is 7.08. The number of carbonyl (C=O) groups is 1. The van der Waals surface area contributed by atoms with Crippen molar-refractivity contribution in [3.8, 4) is 11.8 Å². The van der Waals surface area contributed by atoms with Crippen LogP contribution in [0.4, 0.5) is 5.69 Å². The largest absolute Gasteiger partial charge is 0.497 e. The molecule has 2 aromatic carbocycles. The molecule has 7 heteroatoms. The van der Waals surface area contributed by atoms with Crippen molar-refractivity contribution in [2.75, 3.05) is 7.11 Å². The Morgan fingerprint density at radius 3 is 2.50 bits per heavy atom. The van der Waals surface area contributed by atoms with Crippen LogP contribution in [0.2, 0.25) is 5.02 Å². The highest BCUT2D eigenvalue weighted by Gasteiger charge is 2.15. The van der Waals surface area contributed by atoms with Crippen molar-refractivity contribution in [1.29, 1.82) is 5.26 Å². The first-order valence-electron chi connectivity index (χ1n) is 6.70. The minimum absolute atomic E-state index is 0.0165. The highest BCUT2D eigenvalue weighted by molar-refractivity contribution is 6.32. The molecule has 0 aliphatic carbocycles. The molecular formula is C17H11ClN2O4. The summed E-state index contributed by atoms with van der Waals surface area (Å²) >= 11 is 5.74. The third-order valence-electron chi connectivity index (χ3n) is 3.20. The quantitative estimate of drug-likeness (QED) is 0.269. The molecule has 2 rings (SSSR count). The molecule has 0 fully saturated rings. The second-order valence-electron chi connectivity index (χ2n) is 4.70. The number of nitro groups is 1. The number of methoxy groups -OCH3 is 1. The van der Waals surface area contributed by atoms with Gasteiger partial charge in [0.15, 0.2) is 0 Å². The molecule has 0 unspecified atom stereocenters. The molecule has 0 N–H and O–H groups in total. The monoisotopic (exact) mass is 342 g/mol. The van der Waals surface area contributed by atoms with E-state index >= 15 is 0 Å². The van der Waals surface area contributed by atoms with Crippen molar-refractivity contribution in [1.82, 2.24) is 0 Å². The van der Waals surface area contributed by atoms with Crippen LogP contribution in [-0.4, -0.2) is 17.8 Å². The molecule has 6 nitrogen and oxygen atoms in total. The van der Waals surface area contributed by atoms with Crippen molar-refractivity contribution >= 4 is 29.1 Å². The van der Waals surface area contributed by atoms with Crippen molar-refractivity contribution in [2.45, 2.75) is 0 Å². The Hall–Kier alpha value is -3.17. The van der Waals surface area contributed by atoms with Crippen LogP contribution in [0, 0.1) is 21.4 Å². The topological polar surface area (TPSA) is 93.2 Å². The van der Waals surface area contributed by atoms with E-state index in [2.05, 4.69) is 0 Å². The number of ether oxygens (including phenoxy) is 1. The lowest BCUT2D eigenvalue weighted by atomic mass is 10.0. The van der Waals surface area contributed by atoms with E-state index in [4.69, 9.17) is 16.3 Å². The number of allylic oxidation sites excluding steroid dienone is 1. The molecule has 0 saturated heterocycles. The van der Waals surface area contributed by atoms with Gasteiger partial charge in [-0.3, -0.25) is 14.9 Å². The van der Waals surface area contributed by atoms with Gasteiger partial charge >= 0.3 is 0 Å². The van der Waals surface area contributed by atoms with Gasteiger partial charge in [0.2, 0.25) is 5.78 Å². The minimum atomic E-state index is -0.628. The summed E-state index contributed by atoms with van der Waals surface area (Å²) < 4.78 is 5.01. The summed E-state index contributed by atoms with van der Waals surface area (Å²) in [6.07, 6.45) is 1.29. The number of nitro benzene ring substituents is 1. The lowest BCUT2D eigenvalue weighted by Gasteiger charge is -2.03. The summed E-state index contributed by atoms with van der Waals surface area (Å²) in [7, 11) is 1.50. The second-order valence-corrected chi connectivity index (χ2v) is 5.10. The molecule has 0 aliphatic heterocycles. The molecule has 120 valence electrons. The first kappa shape index (κ1) is 17.2. The number of nitriles is 1. The zero-order chi connectivity index (χ0) is 17.7. The third kappa shape index (κ3) is 3.77. The van der Waals surface area contributed by atoms with Gasteiger partial charge in [-0.25, -0.2) is 0 Å².